The molecule has 7 nitrogen and oxygen atoms in total. The number of hydrogen-bond donors (Lipinski definition) is 1. The molecule has 2 aromatic heterocycles. The number of carbonyl (C=O) groups excluding carboxylic acids is 1. The predicted molar refractivity (Wildman–Crippen MR) is 92.8 cm³/mol. The summed E-state index contributed by atoms with van der Waals surface area (Å²) in [6, 6.07) is 4.12. The molecule has 7 heteroatoms. The van der Waals surface area contributed by atoms with Crippen LogP contribution in [0.15, 0.2) is 30.7 Å². The molecule has 1 N–H and O–H groups in total. The van der Waals surface area contributed by atoms with E-state index in [0.29, 0.717) is 17.8 Å². The molecule has 0 aromatic carbocycles. The normalized spacial score (nSPS) is 15.9. The van der Waals surface area contributed by atoms with Crippen molar-refractivity contribution in [3.8, 4) is 0 Å². The van der Waals surface area contributed by atoms with Gasteiger partial charge in [0.05, 0.1) is 6.04 Å². The Morgan fingerprint density at radius 1 is 1.33 bits per heavy atom. The van der Waals surface area contributed by atoms with Crippen LogP contribution in [0.3, 0.4) is 0 Å². The van der Waals surface area contributed by atoms with Gasteiger partial charge in [0.15, 0.2) is 5.82 Å². The highest BCUT2D eigenvalue weighted by Crippen LogP contribution is 2.21. The third-order valence-electron chi connectivity index (χ3n) is 4.46. The minimum atomic E-state index is -0.0666. The van der Waals surface area contributed by atoms with Gasteiger partial charge in [-0.15, -0.1) is 0 Å². The molecule has 130 valence electrons. The van der Waals surface area contributed by atoms with E-state index < -0.39 is 0 Å². The molecule has 24 heavy (non-hydrogen) atoms. The van der Waals surface area contributed by atoms with Crippen LogP contribution in [0.4, 0.5) is 10.6 Å². The third kappa shape index (κ3) is 4.15. The molecule has 0 spiro atoms. The number of nitrogens with one attached hydrogen (secondary N) is 1. The van der Waals surface area contributed by atoms with E-state index in [1.54, 1.807) is 6.20 Å². The lowest BCUT2D eigenvalue weighted by atomic mass is 10.1. The molecular weight excluding hydrogens is 304 g/mol. The quantitative estimate of drug-likeness (QED) is 0.916. The number of aromatic nitrogens is 4. The van der Waals surface area contributed by atoms with E-state index >= 15 is 0 Å². The third-order valence-corrected chi connectivity index (χ3v) is 4.46. The Morgan fingerprint density at radius 2 is 2.12 bits per heavy atom. The molecule has 2 amide bonds. The molecule has 1 aliphatic heterocycles. The first-order valence-corrected chi connectivity index (χ1v) is 8.70. The number of piperidine rings is 1. The van der Waals surface area contributed by atoms with Gasteiger partial charge in [0, 0.05) is 44.3 Å². The van der Waals surface area contributed by atoms with E-state index in [4.69, 9.17) is 0 Å². The number of nitrogens with zero attached hydrogens (tertiary/aromatic N) is 5. The van der Waals surface area contributed by atoms with Gasteiger partial charge in [-0.05, 0) is 31.2 Å². The summed E-state index contributed by atoms with van der Waals surface area (Å²) >= 11 is 0. The lowest BCUT2D eigenvalue weighted by Crippen LogP contribution is -2.41. The van der Waals surface area contributed by atoms with Crippen LogP contribution in [0.2, 0.25) is 0 Å². The highest BCUT2D eigenvalue weighted by Gasteiger charge is 2.24. The molecule has 0 bridgehead atoms. The molecule has 0 aliphatic carbocycles. The first-order chi connectivity index (χ1) is 11.6. The number of amides is 2. The minimum Gasteiger partial charge on any atom is -0.324 e. The van der Waals surface area contributed by atoms with Crippen molar-refractivity contribution in [3.05, 3.63) is 30.7 Å². The van der Waals surface area contributed by atoms with Crippen molar-refractivity contribution in [2.45, 2.75) is 45.7 Å². The highest BCUT2D eigenvalue weighted by atomic mass is 16.2. The number of rotatable bonds is 5. The van der Waals surface area contributed by atoms with Gasteiger partial charge in [-0.2, -0.15) is 10.2 Å². The van der Waals surface area contributed by atoms with Gasteiger partial charge >= 0.3 is 6.03 Å². The van der Waals surface area contributed by atoms with Crippen LogP contribution < -0.4 is 5.32 Å². The van der Waals surface area contributed by atoms with Crippen LogP contribution >= 0.6 is 0 Å². The number of likely N-dealkylation sites (tertiary alicyclic amines) is 1. The Labute approximate surface area is 142 Å². The Bertz CT molecular complexity index is 640. The largest absolute Gasteiger partial charge is 0.324 e. The smallest absolute Gasteiger partial charge is 0.323 e. The molecule has 0 saturated carbocycles. The van der Waals surface area contributed by atoms with Crippen LogP contribution in [-0.4, -0.2) is 43.6 Å². The van der Waals surface area contributed by atoms with Gasteiger partial charge < -0.3 is 4.90 Å². The first-order valence-electron chi connectivity index (χ1n) is 8.70. The zero-order chi connectivity index (χ0) is 16.9. The molecule has 0 radical (unpaired) electrons. The highest BCUT2D eigenvalue weighted by molar-refractivity contribution is 5.88. The van der Waals surface area contributed by atoms with Crippen molar-refractivity contribution in [1.82, 2.24) is 24.5 Å². The van der Waals surface area contributed by atoms with E-state index in [1.165, 1.54) is 0 Å². The predicted octanol–water partition coefficient (Wildman–Crippen LogP) is 2.99. The minimum absolute atomic E-state index is 0.0666. The standard InChI is InChI=1S/C17H26N6O/c1-14(2)4-12-22-13-7-16(20-22)19-17(24)21-10-5-15(6-11-21)23-9-3-8-18-23/h3,7-9,13-15H,4-6,10-12H2,1-2H3,(H,19,20,24). The van der Waals surface area contributed by atoms with Gasteiger partial charge in [0.25, 0.3) is 0 Å². The lowest BCUT2D eigenvalue weighted by Gasteiger charge is -2.31. The van der Waals surface area contributed by atoms with E-state index in [-0.39, 0.29) is 6.03 Å². The topological polar surface area (TPSA) is 68.0 Å². The SMILES string of the molecule is CC(C)CCn1ccc(NC(=O)N2CCC(n3cccn3)CC2)n1. The van der Waals surface area contributed by atoms with Crippen LogP contribution in [0.25, 0.3) is 0 Å². The number of urea groups is 1. The Morgan fingerprint density at radius 3 is 2.79 bits per heavy atom. The average molecular weight is 330 g/mol. The maximum atomic E-state index is 12.4. The second-order valence-electron chi connectivity index (χ2n) is 6.78. The van der Waals surface area contributed by atoms with Crippen LogP contribution in [0.5, 0.6) is 0 Å². The molecule has 3 rings (SSSR count). The van der Waals surface area contributed by atoms with E-state index in [1.807, 2.05) is 38.8 Å². The maximum Gasteiger partial charge on any atom is 0.323 e. The first kappa shape index (κ1) is 16.5. The Balaban J connectivity index is 1.47. The molecule has 0 unspecified atom stereocenters. The van der Waals surface area contributed by atoms with E-state index in [2.05, 4.69) is 29.4 Å². The monoisotopic (exact) mass is 330 g/mol. The summed E-state index contributed by atoms with van der Waals surface area (Å²) < 4.78 is 3.88. The van der Waals surface area contributed by atoms with Gasteiger partial charge in [0.2, 0.25) is 0 Å². The second kappa shape index (κ2) is 7.51. The van der Waals surface area contributed by atoms with Crippen molar-refractivity contribution in [2.75, 3.05) is 18.4 Å². The fourth-order valence-corrected chi connectivity index (χ4v) is 2.96. The summed E-state index contributed by atoms with van der Waals surface area (Å²) in [7, 11) is 0. The van der Waals surface area contributed by atoms with Crippen molar-refractivity contribution in [1.29, 1.82) is 0 Å². The van der Waals surface area contributed by atoms with Crippen molar-refractivity contribution < 1.29 is 4.79 Å². The van der Waals surface area contributed by atoms with Gasteiger partial charge in [-0.3, -0.25) is 14.7 Å². The summed E-state index contributed by atoms with van der Waals surface area (Å²) in [6.07, 6.45) is 8.65. The van der Waals surface area contributed by atoms with Crippen LogP contribution in [0, 0.1) is 5.92 Å². The van der Waals surface area contributed by atoms with Crippen LogP contribution in [0.1, 0.15) is 39.2 Å². The summed E-state index contributed by atoms with van der Waals surface area (Å²) in [5.41, 5.74) is 0. The summed E-state index contributed by atoms with van der Waals surface area (Å²) in [6.45, 7) is 6.75. The number of anilines is 1. The molecule has 1 saturated heterocycles. The number of carbonyl (C=O) groups is 1. The fourth-order valence-electron chi connectivity index (χ4n) is 2.96. The second-order valence-corrected chi connectivity index (χ2v) is 6.78. The maximum absolute atomic E-state index is 12.4. The fraction of sp³-hybridized carbons (Fsp3) is 0.588. The molecule has 3 heterocycles. The molecule has 1 aliphatic rings. The Kier molecular flexibility index (Phi) is 5.17. The van der Waals surface area contributed by atoms with Gasteiger partial charge in [0.1, 0.15) is 0 Å². The summed E-state index contributed by atoms with van der Waals surface area (Å²) in [5.74, 6) is 1.27. The zero-order valence-corrected chi connectivity index (χ0v) is 14.4. The van der Waals surface area contributed by atoms with E-state index in [0.717, 1.165) is 38.9 Å². The zero-order valence-electron chi connectivity index (χ0n) is 14.4. The van der Waals surface area contributed by atoms with Crippen molar-refractivity contribution in [3.63, 3.8) is 0 Å². The van der Waals surface area contributed by atoms with Gasteiger partial charge in [-0.1, -0.05) is 13.8 Å². The number of hydrogen-bond acceptors (Lipinski definition) is 3. The molecular formula is C17H26N6O. The number of aryl methyl sites for hydroxylation is 1. The molecule has 1 fully saturated rings. The van der Waals surface area contributed by atoms with Crippen molar-refractivity contribution in [2.24, 2.45) is 5.92 Å². The summed E-state index contributed by atoms with van der Waals surface area (Å²) in [4.78, 5) is 14.2. The Hall–Kier alpha value is -2.31. The van der Waals surface area contributed by atoms with Gasteiger partial charge in [-0.25, -0.2) is 4.79 Å². The summed E-state index contributed by atoms with van der Waals surface area (Å²) in [5, 5.41) is 11.6. The lowest BCUT2D eigenvalue weighted by molar-refractivity contribution is 0.180. The van der Waals surface area contributed by atoms with E-state index in [9.17, 15) is 4.79 Å². The van der Waals surface area contributed by atoms with Crippen LogP contribution in [-0.2, 0) is 6.54 Å². The van der Waals surface area contributed by atoms with Crippen molar-refractivity contribution >= 4 is 11.8 Å². The molecule has 0 atom stereocenters. The average Bonchev–Trinajstić information content (AvgIpc) is 3.25. The molecule has 2 aromatic rings.